The zero-order valence-corrected chi connectivity index (χ0v) is 15.5. The molecule has 3 N–H and O–H groups in total. The summed E-state index contributed by atoms with van der Waals surface area (Å²) in [5.74, 6) is -2.01. The SMILES string of the molecule is C=CC(=O)N1C[C@@H](F)C[C@]1(C)COC(=O)NC(Cc1ccc(F)cc1)B(O)O. The van der Waals surface area contributed by atoms with Gasteiger partial charge in [-0.3, -0.25) is 4.79 Å². The third kappa shape index (κ3) is 5.52. The maximum atomic E-state index is 13.8. The number of halogens is 2. The molecular weight excluding hydrogens is 373 g/mol. The maximum absolute atomic E-state index is 13.8. The average Bonchev–Trinajstić information content (AvgIpc) is 2.95. The molecule has 0 aromatic heterocycles. The first-order valence-electron chi connectivity index (χ1n) is 8.76. The number of nitrogens with zero attached hydrogens (tertiary/aromatic N) is 1. The van der Waals surface area contributed by atoms with Crippen molar-refractivity contribution >= 4 is 19.1 Å². The number of nitrogens with one attached hydrogen (secondary N) is 1. The molecule has 2 amide bonds. The van der Waals surface area contributed by atoms with Gasteiger partial charge < -0.3 is 25.0 Å². The van der Waals surface area contributed by atoms with Crippen LogP contribution in [0.1, 0.15) is 18.9 Å². The fourth-order valence-electron chi connectivity index (χ4n) is 3.19. The summed E-state index contributed by atoms with van der Waals surface area (Å²) in [5.41, 5.74) is -0.461. The van der Waals surface area contributed by atoms with Gasteiger partial charge in [-0.1, -0.05) is 18.7 Å². The molecule has 1 aliphatic heterocycles. The Labute approximate surface area is 162 Å². The molecule has 10 heteroatoms. The Morgan fingerprint density at radius 3 is 2.68 bits per heavy atom. The minimum absolute atomic E-state index is 0.00148. The second kappa shape index (κ2) is 9.16. The quantitative estimate of drug-likeness (QED) is 0.472. The Bertz CT molecular complexity index is 718. The number of alkyl halides is 1. The van der Waals surface area contributed by atoms with Gasteiger partial charge in [0, 0.05) is 6.42 Å². The number of likely N-dealkylation sites (tertiary alicyclic amines) is 1. The second-order valence-electron chi connectivity index (χ2n) is 7.02. The van der Waals surface area contributed by atoms with E-state index in [2.05, 4.69) is 11.9 Å². The van der Waals surface area contributed by atoms with Crippen LogP contribution < -0.4 is 5.32 Å². The first-order valence-corrected chi connectivity index (χ1v) is 8.76. The van der Waals surface area contributed by atoms with Crippen molar-refractivity contribution in [1.29, 1.82) is 0 Å². The van der Waals surface area contributed by atoms with Crippen molar-refractivity contribution in [3.8, 4) is 0 Å². The zero-order valence-electron chi connectivity index (χ0n) is 15.5. The summed E-state index contributed by atoms with van der Waals surface area (Å²) in [4.78, 5) is 25.3. The van der Waals surface area contributed by atoms with E-state index in [0.717, 1.165) is 6.08 Å². The molecular formula is C18H23BF2N2O5. The summed E-state index contributed by atoms with van der Waals surface area (Å²) in [6.45, 7) is 4.59. The Morgan fingerprint density at radius 2 is 2.11 bits per heavy atom. The molecule has 152 valence electrons. The number of carbonyl (C=O) groups is 2. The van der Waals surface area contributed by atoms with E-state index in [1.54, 1.807) is 6.92 Å². The predicted molar refractivity (Wildman–Crippen MR) is 98.4 cm³/mol. The van der Waals surface area contributed by atoms with Crippen LogP contribution in [0.5, 0.6) is 0 Å². The zero-order chi connectivity index (χ0) is 20.9. The number of hydrogen-bond donors (Lipinski definition) is 3. The molecule has 1 fully saturated rings. The van der Waals surface area contributed by atoms with Crippen molar-refractivity contribution in [3.05, 3.63) is 48.3 Å². The number of carbonyl (C=O) groups excluding carboxylic acids is 2. The maximum Gasteiger partial charge on any atom is 0.475 e. The summed E-state index contributed by atoms with van der Waals surface area (Å²) in [6.07, 6.45) is -1.10. The molecule has 1 saturated heterocycles. The van der Waals surface area contributed by atoms with Gasteiger partial charge in [0.25, 0.3) is 0 Å². The molecule has 2 rings (SSSR count). The van der Waals surface area contributed by atoms with Crippen LogP contribution in [-0.4, -0.2) is 64.9 Å². The number of amides is 2. The average molecular weight is 396 g/mol. The van der Waals surface area contributed by atoms with E-state index in [4.69, 9.17) is 4.74 Å². The molecule has 0 aliphatic carbocycles. The molecule has 28 heavy (non-hydrogen) atoms. The molecule has 1 aromatic rings. The monoisotopic (exact) mass is 396 g/mol. The lowest BCUT2D eigenvalue weighted by Crippen LogP contribution is -2.51. The van der Waals surface area contributed by atoms with E-state index in [0.29, 0.717) is 5.56 Å². The van der Waals surface area contributed by atoms with E-state index >= 15 is 0 Å². The fraction of sp³-hybridized carbons (Fsp3) is 0.444. The van der Waals surface area contributed by atoms with Gasteiger partial charge in [-0.15, -0.1) is 0 Å². The predicted octanol–water partition coefficient (Wildman–Crippen LogP) is 0.990. The van der Waals surface area contributed by atoms with Crippen LogP contribution >= 0.6 is 0 Å². The fourth-order valence-corrected chi connectivity index (χ4v) is 3.19. The molecule has 1 heterocycles. The molecule has 3 atom stereocenters. The van der Waals surface area contributed by atoms with E-state index in [1.165, 1.54) is 29.2 Å². The number of ether oxygens (including phenoxy) is 1. The molecule has 0 saturated carbocycles. The highest BCUT2D eigenvalue weighted by Gasteiger charge is 2.45. The normalized spacial score (nSPS) is 22.5. The van der Waals surface area contributed by atoms with Gasteiger partial charge in [-0.05, 0) is 37.1 Å². The number of rotatable bonds is 7. The number of benzene rings is 1. The van der Waals surface area contributed by atoms with Crippen LogP contribution in [0.3, 0.4) is 0 Å². The molecule has 0 bridgehead atoms. The lowest BCUT2D eigenvalue weighted by atomic mass is 9.76. The highest BCUT2D eigenvalue weighted by molar-refractivity contribution is 6.43. The molecule has 7 nitrogen and oxygen atoms in total. The van der Waals surface area contributed by atoms with Gasteiger partial charge in [-0.2, -0.15) is 0 Å². The second-order valence-corrected chi connectivity index (χ2v) is 7.02. The van der Waals surface area contributed by atoms with Crippen molar-refractivity contribution in [2.75, 3.05) is 13.2 Å². The highest BCUT2D eigenvalue weighted by atomic mass is 19.1. The third-order valence-corrected chi connectivity index (χ3v) is 4.68. The van der Waals surface area contributed by atoms with E-state index in [9.17, 15) is 28.4 Å². The van der Waals surface area contributed by atoms with Crippen molar-refractivity contribution < 1.29 is 33.2 Å². The van der Waals surface area contributed by atoms with Crippen molar-refractivity contribution in [2.45, 2.75) is 37.4 Å². The topological polar surface area (TPSA) is 99.1 Å². The minimum atomic E-state index is -1.88. The highest BCUT2D eigenvalue weighted by Crippen LogP contribution is 2.31. The van der Waals surface area contributed by atoms with Gasteiger partial charge in [0.05, 0.1) is 18.0 Å². The van der Waals surface area contributed by atoms with Gasteiger partial charge in [-0.25, -0.2) is 13.6 Å². The van der Waals surface area contributed by atoms with Crippen LogP contribution in [0.2, 0.25) is 0 Å². The van der Waals surface area contributed by atoms with Crippen LogP contribution in [0, 0.1) is 5.82 Å². The Balaban J connectivity index is 1.96. The van der Waals surface area contributed by atoms with Crippen molar-refractivity contribution in [2.24, 2.45) is 0 Å². The van der Waals surface area contributed by atoms with Crippen LogP contribution in [0.4, 0.5) is 13.6 Å². The van der Waals surface area contributed by atoms with Gasteiger partial charge in [0.1, 0.15) is 18.6 Å². The van der Waals surface area contributed by atoms with E-state index in [-0.39, 0.29) is 26.0 Å². The molecule has 1 aromatic carbocycles. The number of hydrogen-bond acceptors (Lipinski definition) is 5. The summed E-state index contributed by atoms with van der Waals surface area (Å²) in [6, 6.07) is 5.34. The third-order valence-electron chi connectivity index (χ3n) is 4.68. The first kappa shape index (κ1) is 21.8. The minimum Gasteiger partial charge on any atom is -0.447 e. The summed E-state index contributed by atoms with van der Waals surface area (Å²) in [7, 11) is -1.88. The van der Waals surface area contributed by atoms with Gasteiger partial charge >= 0.3 is 13.2 Å². The molecule has 0 radical (unpaired) electrons. The van der Waals surface area contributed by atoms with E-state index in [1.807, 2.05) is 0 Å². The molecule has 0 spiro atoms. The standard InChI is InChI=1S/C18H23BF2N2O5/c1-3-16(24)23-10-14(21)9-18(23,2)11-28-17(25)22-15(19(26)27)8-12-4-6-13(20)7-5-12/h3-7,14-15,26-27H,1,8-11H2,2H3,(H,22,25)/t14-,15?,18+/m0/s1. The summed E-state index contributed by atoms with van der Waals surface area (Å²) < 4.78 is 31.9. The van der Waals surface area contributed by atoms with Crippen molar-refractivity contribution in [3.63, 3.8) is 0 Å². The Kier molecular flexibility index (Phi) is 7.14. The van der Waals surface area contributed by atoms with Crippen LogP contribution in [0.25, 0.3) is 0 Å². The van der Waals surface area contributed by atoms with Gasteiger partial charge in [0.2, 0.25) is 5.91 Å². The van der Waals surface area contributed by atoms with E-state index < -0.39 is 42.6 Å². The number of alkyl carbamates (subject to hydrolysis) is 1. The largest absolute Gasteiger partial charge is 0.475 e. The van der Waals surface area contributed by atoms with Crippen LogP contribution in [0.15, 0.2) is 36.9 Å². The van der Waals surface area contributed by atoms with Crippen molar-refractivity contribution in [1.82, 2.24) is 10.2 Å². The summed E-state index contributed by atoms with van der Waals surface area (Å²) in [5, 5.41) is 21.3. The Hall–Kier alpha value is -2.46. The lowest BCUT2D eigenvalue weighted by molar-refractivity contribution is -0.131. The molecule has 1 unspecified atom stereocenters. The smallest absolute Gasteiger partial charge is 0.447 e. The van der Waals surface area contributed by atoms with Crippen LogP contribution in [-0.2, 0) is 16.0 Å². The van der Waals surface area contributed by atoms with Gasteiger partial charge in [0.15, 0.2) is 0 Å². The first-order chi connectivity index (χ1) is 13.1. The summed E-state index contributed by atoms with van der Waals surface area (Å²) >= 11 is 0. The lowest BCUT2D eigenvalue weighted by Gasteiger charge is -2.33. The molecule has 1 aliphatic rings. The Morgan fingerprint density at radius 1 is 1.46 bits per heavy atom.